The molecule has 3 amide bonds. The number of hydrogen-bond donors (Lipinski definition) is 1. The van der Waals surface area contributed by atoms with Gasteiger partial charge in [-0.2, -0.15) is 13.2 Å². The Labute approximate surface area is 178 Å². The molecule has 1 aliphatic rings. The fraction of sp³-hybridized carbons (Fsp3) is 0.250. The number of benzene rings is 2. The number of carbonyl (C=O) groups excluding carboxylic acids is 3. The lowest BCUT2D eigenvalue weighted by Crippen LogP contribution is -2.31. The second-order valence-corrected chi connectivity index (χ2v) is 7.42. The number of carbonyl (C=O) groups is 3. The van der Waals surface area contributed by atoms with E-state index in [1.54, 1.807) is 24.3 Å². The van der Waals surface area contributed by atoms with E-state index in [2.05, 4.69) is 21.2 Å². The predicted molar refractivity (Wildman–Crippen MR) is 105 cm³/mol. The van der Waals surface area contributed by atoms with E-state index in [4.69, 9.17) is 4.74 Å². The Morgan fingerprint density at radius 1 is 1.07 bits per heavy atom. The van der Waals surface area contributed by atoms with E-state index in [1.165, 1.54) is 18.2 Å². The Hall–Kier alpha value is -2.88. The van der Waals surface area contributed by atoms with Gasteiger partial charge in [0.2, 0.25) is 5.91 Å². The van der Waals surface area contributed by atoms with Gasteiger partial charge in [-0.25, -0.2) is 0 Å². The summed E-state index contributed by atoms with van der Waals surface area (Å²) in [4.78, 5) is 38.0. The largest absolute Gasteiger partial charge is 0.482 e. The second kappa shape index (κ2) is 8.86. The predicted octanol–water partition coefficient (Wildman–Crippen LogP) is 4.41. The first-order chi connectivity index (χ1) is 14.2. The third-order valence-corrected chi connectivity index (χ3v) is 4.76. The van der Waals surface area contributed by atoms with Gasteiger partial charge in [-0.05, 0) is 36.8 Å². The van der Waals surface area contributed by atoms with E-state index in [-0.39, 0.29) is 30.8 Å². The van der Waals surface area contributed by atoms with E-state index in [0.717, 1.165) is 4.90 Å². The Morgan fingerprint density at radius 2 is 1.77 bits per heavy atom. The SMILES string of the molecule is O=C(CCCN1C(=O)c2ccc(Br)cc2C1=O)Nc1ccccc1OCC(F)(F)F. The molecule has 158 valence electrons. The van der Waals surface area contributed by atoms with E-state index in [1.807, 2.05) is 0 Å². The molecule has 0 bridgehead atoms. The van der Waals surface area contributed by atoms with Gasteiger partial charge in [0.1, 0.15) is 5.75 Å². The van der Waals surface area contributed by atoms with E-state index >= 15 is 0 Å². The summed E-state index contributed by atoms with van der Waals surface area (Å²) in [5.41, 5.74) is 0.718. The molecule has 0 unspecified atom stereocenters. The average Bonchev–Trinajstić information content (AvgIpc) is 2.91. The van der Waals surface area contributed by atoms with Crippen LogP contribution in [0.2, 0.25) is 0 Å². The van der Waals surface area contributed by atoms with Gasteiger partial charge < -0.3 is 10.1 Å². The molecule has 30 heavy (non-hydrogen) atoms. The summed E-state index contributed by atoms with van der Waals surface area (Å²) in [6.45, 7) is -1.43. The second-order valence-electron chi connectivity index (χ2n) is 6.50. The lowest BCUT2D eigenvalue weighted by Gasteiger charge is -2.15. The minimum Gasteiger partial charge on any atom is -0.482 e. The topological polar surface area (TPSA) is 75.7 Å². The standard InChI is InChI=1S/C20H16BrF3N2O4/c21-12-7-8-13-14(10-12)19(29)26(18(13)28)9-3-6-17(27)25-15-4-1-2-5-16(15)30-11-20(22,23)24/h1-2,4-5,7-8,10H,3,6,9,11H2,(H,25,27). The molecule has 2 aromatic rings. The van der Waals surface area contributed by atoms with Crippen LogP contribution >= 0.6 is 15.9 Å². The smallest absolute Gasteiger partial charge is 0.422 e. The molecule has 0 spiro atoms. The van der Waals surface area contributed by atoms with Gasteiger partial charge in [-0.15, -0.1) is 0 Å². The zero-order valence-corrected chi connectivity index (χ0v) is 17.0. The van der Waals surface area contributed by atoms with Crippen LogP contribution in [0.1, 0.15) is 33.6 Å². The number of imide groups is 1. The number of anilines is 1. The summed E-state index contributed by atoms with van der Waals surface area (Å²) in [7, 11) is 0. The van der Waals surface area contributed by atoms with Crippen molar-refractivity contribution in [2.24, 2.45) is 0 Å². The number of halogens is 4. The van der Waals surface area contributed by atoms with Crippen LogP contribution in [0.4, 0.5) is 18.9 Å². The highest BCUT2D eigenvalue weighted by atomic mass is 79.9. The first-order valence-corrected chi connectivity index (χ1v) is 9.69. The van der Waals surface area contributed by atoms with E-state index < -0.39 is 30.5 Å². The van der Waals surface area contributed by atoms with Gasteiger partial charge in [0.25, 0.3) is 11.8 Å². The van der Waals surface area contributed by atoms with Crippen molar-refractivity contribution in [2.45, 2.75) is 19.0 Å². The number of fused-ring (bicyclic) bond motifs is 1. The zero-order valence-electron chi connectivity index (χ0n) is 15.5. The molecule has 0 aliphatic carbocycles. The lowest BCUT2D eigenvalue weighted by atomic mass is 10.1. The maximum Gasteiger partial charge on any atom is 0.422 e. The molecule has 2 aromatic carbocycles. The minimum absolute atomic E-state index is 0.0370. The summed E-state index contributed by atoms with van der Waals surface area (Å²) < 4.78 is 42.5. The maximum atomic E-state index is 12.4. The quantitative estimate of drug-likeness (QED) is 0.590. The number of amides is 3. The van der Waals surface area contributed by atoms with Crippen LogP contribution in [0, 0.1) is 0 Å². The highest BCUT2D eigenvalue weighted by Gasteiger charge is 2.35. The average molecular weight is 485 g/mol. The molecule has 10 heteroatoms. The molecule has 1 N–H and O–H groups in total. The highest BCUT2D eigenvalue weighted by molar-refractivity contribution is 9.10. The number of rotatable bonds is 7. The molecule has 0 saturated heterocycles. The Kier molecular flexibility index (Phi) is 6.45. The van der Waals surface area contributed by atoms with Crippen LogP contribution in [0.25, 0.3) is 0 Å². The summed E-state index contributed by atoms with van der Waals surface area (Å²) >= 11 is 3.26. The molecule has 0 fully saturated rings. The van der Waals surface area contributed by atoms with Gasteiger partial charge in [0, 0.05) is 17.4 Å². The van der Waals surface area contributed by atoms with Crippen molar-refractivity contribution in [1.29, 1.82) is 0 Å². The Morgan fingerprint density at radius 3 is 2.50 bits per heavy atom. The van der Waals surface area contributed by atoms with Crippen molar-refractivity contribution in [1.82, 2.24) is 4.90 Å². The summed E-state index contributed by atoms with van der Waals surface area (Å²) in [6.07, 6.45) is -4.34. The minimum atomic E-state index is -4.50. The summed E-state index contributed by atoms with van der Waals surface area (Å²) in [6, 6.07) is 10.6. The van der Waals surface area contributed by atoms with Gasteiger partial charge in [-0.1, -0.05) is 28.1 Å². The molecule has 6 nitrogen and oxygen atoms in total. The molecule has 1 aliphatic heterocycles. The Bertz CT molecular complexity index is 994. The van der Waals surface area contributed by atoms with Crippen LogP contribution in [-0.4, -0.2) is 41.9 Å². The summed E-state index contributed by atoms with van der Waals surface area (Å²) in [5, 5.41) is 2.49. The third kappa shape index (κ3) is 5.18. The molecule has 3 rings (SSSR count). The highest BCUT2D eigenvalue weighted by Crippen LogP contribution is 2.28. The number of para-hydroxylation sites is 2. The molecule has 0 radical (unpaired) electrons. The molecular weight excluding hydrogens is 469 g/mol. The van der Waals surface area contributed by atoms with Crippen LogP contribution in [0.15, 0.2) is 46.9 Å². The maximum absolute atomic E-state index is 12.4. The van der Waals surface area contributed by atoms with Crippen molar-refractivity contribution >= 4 is 39.3 Å². The number of nitrogens with one attached hydrogen (secondary N) is 1. The third-order valence-electron chi connectivity index (χ3n) is 4.27. The Balaban J connectivity index is 1.54. The van der Waals surface area contributed by atoms with Crippen molar-refractivity contribution in [3.63, 3.8) is 0 Å². The zero-order chi connectivity index (χ0) is 21.9. The van der Waals surface area contributed by atoms with Gasteiger partial charge in [-0.3, -0.25) is 19.3 Å². The molecule has 0 atom stereocenters. The van der Waals surface area contributed by atoms with Crippen molar-refractivity contribution in [3.8, 4) is 5.75 Å². The molecule has 1 heterocycles. The van der Waals surface area contributed by atoms with Gasteiger partial charge in [0.05, 0.1) is 16.8 Å². The van der Waals surface area contributed by atoms with Crippen molar-refractivity contribution in [2.75, 3.05) is 18.5 Å². The van der Waals surface area contributed by atoms with Crippen LogP contribution in [-0.2, 0) is 4.79 Å². The monoisotopic (exact) mass is 484 g/mol. The van der Waals surface area contributed by atoms with Crippen molar-refractivity contribution < 1.29 is 32.3 Å². The number of alkyl halides is 3. The molecular formula is C20H16BrF3N2O4. The normalized spacial score (nSPS) is 13.4. The number of nitrogens with zero attached hydrogens (tertiary/aromatic N) is 1. The van der Waals surface area contributed by atoms with E-state index in [9.17, 15) is 27.6 Å². The van der Waals surface area contributed by atoms with Gasteiger partial charge >= 0.3 is 6.18 Å². The number of ether oxygens (including phenoxy) is 1. The molecule has 0 saturated carbocycles. The van der Waals surface area contributed by atoms with Crippen LogP contribution < -0.4 is 10.1 Å². The number of hydrogen-bond acceptors (Lipinski definition) is 4. The fourth-order valence-corrected chi connectivity index (χ4v) is 3.29. The van der Waals surface area contributed by atoms with Crippen LogP contribution in [0.3, 0.4) is 0 Å². The first kappa shape index (κ1) is 21.8. The fourth-order valence-electron chi connectivity index (χ4n) is 2.93. The van der Waals surface area contributed by atoms with Gasteiger partial charge in [0.15, 0.2) is 6.61 Å². The lowest BCUT2D eigenvalue weighted by molar-refractivity contribution is -0.153. The van der Waals surface area contributed by atoms with Crippen molar-refractivity contribution in [3.05, 3.63) is 58.1 Å². The van der Waals surface area contributed by atoms with E-state index in [0.29, 0.717) is 15.6 Å². The van der Waals surface area contributed by atoms with Crippen LogP contribution in [0.5, 0.6) is 5.75 Å². The molecule has 0 aromatic heterocycles. The summed E-state index contributed by atoms with van der Waals surface area (Å²) in [5.74, 6) is -1.43. The first-order valence-electron chi connectivity index (χ1n) is 8.90.